The van der Waals surface area contributed by atoms with Gasteiger partial charge in [-0.3, -0.25) is 4.79 Å². The van der Waals surface area contributed by atoms with E-state index in [-0.39, 0.29) is 5.82 Å². The second kappa shape index (κ2) is 3.67. The van der Waals surface area contributed by atoms with Crippen LogP contribution in [0.4, 0.5) is 0 Å². The Morgan fingerprint density at radius 2 is 2.07 bits per heavy atom. The first-order chi connectivity index (χ1) is 7.00. The summed E-state index contributed by atoms with van der Waals surface area (Å²) < 4.78 is -1.58. The normalized spacial score (nSPS) is 11.9. The van der Waals surface area contributed by atoms with Gasteiger partial charge >= 0.3 is 0 Å². The van der Waals surface area contributed by atoms with Crippen molar-refractivity contribution < 1.29 is 4.79 Å². The van der Waals surface area contributed by atoms with Crippen molar-refractivity contribution in [2.24, 2.45) is 0 Å². The quantitative estimate of drug-likeness (QED) is 0.634. The summed E-state index contributed by atoms with van der Waals surface area (Å²) in [6.45, 7) is 0. The van der Waals surface area contributed by atoms with Crippen LogP contribution in [-0.4, -0.2) is 16.3 Å². The number of nitrogens with zero attached hydrogens (tertiary/aromatic N) is 1. The number of aldehydes is 1. The Morgan fingerprint density at radius 3 is 2.67 bits per heavy atom. The monoisotopic (exact) mass is 262 g/mol. The van der Waals surface area contributed by atoms with Crippen LogP contribution in [0.15, 0.2) is 18.2 Å². The Bertz CT molecular complexity index is 516. The fraction of sp³-hybridized carbons (Fsp3) is 0.111. The van der Waals surface area contributed by atoms with E-state index in [0.29, 0.717) is 16.6 Å². The first-order valence-electron chi connectivity index (χ1n) is 4.03. The van der Waals surface area contributed by atoms with E-state index in [1.54, 1.807) is 18.2 Å². The fourth-order valence-electron chi connectivity index (χ4n) is 1.23. The van der Waals surface area contributed by atoms with Crippen molar-refractivity contribution in [3.05, 3.63) is 29.6 Å². The molecule has 1 N–H and O–H groups in total. The molecule has 1 heterocycles. The largest absolute Gasteiger partial charge is 0.338 e. The molecule has 2 aromatic rings. The van der Waals surface area contributed by atoms with E-state index in [0.717, 1.165) is 6.29 Å². The van der Waals surface area contributed by atoms with Gasteiger partial charge in [-0.05, 0) is 18.2 Å². The van der Waals surface area contributed by atoms with Gasteiger partial charge < -0.3 is 4.98 Å². The van der Waals surface area contributed by atoms with E-state index in [1.165, 1.54) is 0 Å². The van der Waals surface area contributed by atoms with Gasteiger partial charge in [0.05, 0.1) is 11.0 Å². The van der Waals surface area contributed by atoms with Crippen molar-refractivity contribution in [1.29, 1.82) is 0 Å². The molecule has 1 aromatic carbocycles. The molecular formula is C9H5Cl3N2O. The first-order valence-corrected chi connectivity index (χ1v) is 5.16. The lowest BCUT2D eigenvalue weighted by Crippen LogP contribution is -2.01. The number of alkyl halides is 3. The Hall–Kier alpha value is -0.770. The van der Waals surface area contributed by atoms with Crippen molar-refractivity contribution in [2.75, 3.05) is 0 Å². The lowest BCUT2D eigenvalue weighted by Gasteiger charge is -2.04. The molecule has 0 spiro atoms. The summed E-state index contributed by atoms with van der Waals surface area (Å²) in [7, 11) is 0. The van der Waals surface area contributed by atoms with E-state index < -0.39 is 3.79 Å². The summed E-state index contributed by atoms with van der Waals surface area (Å²) >= 11 is 17.0. The molecule has 0 saturated heterocycles. The maximum Gasteiger partial charge on any atom is 0.248 e. The molecule has 0 amide bonds. The number of fused-ring (bicyclic) bond motifs is 1. The van der Waals surface area contributed by atoms with Crippen molar-refractivity contribution in [3.8, 4) is 0 Å². The highest BCUT2D eigenvalue weighted by atomic mass is 35.6. The van der Waals surface area contributed by atoms with Gasteiger partial charge in [-0.15, -0.1) is 0 Å². The van der Waals surface area contributed by atoms with Crippen LogP contribution in [0.5, 0.6) is 0 Å². The molecule has 2 rings (SSSR count). The summed E-state index contributed by atoms with van der Waals surface area (Å²) in [6.07, 6.45) is 0.745. The molecule has 0 saturated carbocycles. The lowest BCUT2D eigenvalue weighted by molar-refractivity contribution is 0.112. The zero-order chi connectivity index (χ0) is 11.1. The number of hydrogen-bond acceptors (Lipinski definition) is 2. The van der Waals surface area contributed by atoms with Crippen molar-refractivity contribution >= 4 is 52.1 Å². The molecule has 78 valence electrons. The van der Waals surface area contributed by atoms with E-state index in [9.17, 15) is 4.79 Å². The average Bonchev–Trinajstić information content (AvgIpc) is 2.59. The third-order valence-corrected chi connectivity index (χ3v) is 2.45. The highest BCUT2D eigenvalue weighted by Gasteiger charge is 2.26. The number of rotatable bonds is 1. The zero-order valence-corrected chi connectivity index (χ0v) is 9.57. The number of aromatic amines is 1. The molecule has 0 fully saturated rings. The minimum absolute atomic E-state index is 0.241. The summed E-state index contributed by atoms with van der Waals surface area (Å²) in [6, 6.07) is 4.99. The number of imidazole rings is 1. The van der Waals surface area contributed by atoms with Gasteiger partial charge in [0.15, 0.2) is 5.82 Å². The summed E-state index contributed by atoms with van der Waals surface area (Å²) in [5.41, 5.74) is 1.87. The minimum atomic E-state index is -1.58. The van der Waals surface area contributed by atoms with Crippen LogP contribution in [0, 0.1) is 0 Å². The zero-order valence-electron chi connectivity index (χ0n) is 7.30. The molecule has 3 nitrogen and oxygen atoms in total. The third-order valence-electron chi connectivity index (χ3n) is 1.91. The molecule has 0 bridgehead atoms. The van der Waals surface area contributed by atoms with Gasteiger partial charge in [0.25, 0.3) is 0 Å². The number of benzene rings is 1. The Kier molecular flexibility index (Phi) is 2.63. The van der Waals surface area contributed by atoms with E-state index >= 15 is 0 Å². The van der Waals surface area contributed by atoms with Crippen LogP contribution in [0.3, 0.4) is 0 Å². The van der Waals surface area contributed by atoms with Gasteiger partial charge in [0.2, 0.25) is 3.79 Å². The molecule has 0 aliphatic heterocycles. The number of halogens is 3. The molecule has 6 heteroatoms. The highest BCUT2D eigenvalue weighted by Crippen LogP contribution is 2.37. The molecule has 15 heavy (non-hydrogen) atoms. The van der Waals surface area contributed by atoms with Crippen LogP contribution in [0.1, 0.15) is 16.2 Å². The van der Waals surface area contributed by atoms with E-state index in [4.69, 9.17) is 34.8 Å². The smallest absolute Gasteiger partial charge is 0.248 e. The lowest BCUT2D eigenvalue weighted by atomic mass is 10.2. The van der Waals surface area contributed by atoms with Crippen LogP contribution >= 0.6 is 34.8 Å². The number of hydrogen-bond donors (Lipinski definition) is 1. The van der Waals surface area contributed by atoms with Gasteiger partial charge in [0.1, 0.15) is 6.29 Å². The summed E-state index contributed by atoms with van der Waals surface area (Å²) in [5.74, 6) is 0.241. The maximum atomic E-state index is 10.5. The third kappa shape index (κ3) is 2.09. The van der Waals surface area contributed by atoms with Crippen molar-refractivity contribution in [3.63, 3.8) is 0 Å². The molecule has 0 radical (unpaired) electrons. The SMILES string of the molecule is O=Cc1ccc2nc(C(Cl)(Cl)Cl)[nH]c2c1. The predicted octanol–water partition coefficient (Wildman–Crippen LogP) is 3.20. The first kappa shape index (κ1) is 10.7. The second-order valence-electron chi connectivity index (χ2n) is 2.98. The molecule has 0 atom stereocenters. The Morgan fingerprint density at radius 1 is 1.33 bits per heavy atom. The Balaban J connectivity index is 2.61. The van der Waals surface area contributed by atoms with Crippen molar-refractivity contribution in [1.82, 2.24) is 9.97 Å². The van der Waals surface area contributed by atoms with Crippen molar-refractivity contribution in [2.45, 2.75) is 3.79 Å². The fourth-order valence-corrected chi connectivity index (χ4v) is 1.50. The van der Waals surface area contributed by atoms with Gasteiger partial charge in [-0.1, -0.05) is 34.8 Å². The molecular weight excluding hydrogens is 258 g/mol. The highest BCUT2D eigenvalue weighted by molar-refractivity contribution is 6.66. The molecule has 0 unspecified atom stereocenters. The standard InChI is InChI=1S/C9H5Cl3N2O/c10-9(11,12)8-13-6-2-1-5(4-15)3-7(6)14-8/h1-4H,(H,13,14). The second-order valence-corrected chi connectivity index (χ2v) is 5.26. The molecule has 0 aliphatic rings. The number of nitrogens with one attached hydrogen (secondary N) is 1. The topological polar surface area (TPSA) is 45.8 Å². The summed E-state index contributed by atoms with van der Waals surface area (Å²) in [4.78, 5) is 17.5. The van der Waals surface area contributed by atoms with Crippen LogP contribution < -0.4 is 0 Å². The van der Waals surface area contributed by atoms with Crippen LogP contribution in [-0.2, 0) is 3.79 Å². The number of H-pyrrole nitrogens is 1. The molecule has 1 aromatic heterocycles. The van der Waals surface area contributed by atoms with Gasteiger partial charge in [-0.2, -0.15) is 0 Å². The van der Waals surface area contributed by atoms with E-state index in [1.807, 2.05) is 0 Å². The van der Waals surface area contributed by atoms with Gasteiger partial charge in [-0.25, -0.2) is 4.98 Å². The van der Waals surface area contributed by atoms with E-state index in [2.05, 4.69) is 9.97 Å². The van der Waals surface area contributed by atoms with Crippen LogP contribution in [0.25, 0.3) is 11.0 Å². The number of carbonyl (C=O) groups is 1. The van der Waals surface area contributed by atoms with Crippen LogP contribution in [0.2, 0.25) is 0 Å². The maximum absolute atomic E-state index is 10.5. The summed E-state index contributed by atoms with van der Waals surface area (Å²) in [5, 5.41) is 0. The Labute approximate surface area is 100 Å². The average molecular weight is 264 g/mol. The predicted molar refractivity (Wildman–Crippen MR) is 60.7 cm³/mol. The minimum Gasteiger partial charge on any atom is -0.338 e. The van der Waals surface area contributed by atoms with Gasteiger partial charge in [0, 0.05) is 5.56 Å². The number of carbonyl (C=O) groups excluding carboxylic acids is 1. The number of aromatic nitrogens is 2. The molecule has 0 aliphatic carbocycles.